The summed E-state index contributed by atoms with van der Waals surface area (Å²) in [5.74, 6) is 0.777. The quantitative estimate of drug-likeness (QED) is 0.520. The van der Waals surface area contributed by atoms with E-state index in [9.17, 15) is 0 Å². The largest absolute Gasteiger partial charge is 0.355 e. The van der Waals surface area contributed by atoms with Crippen LogP contribution >= 0.6 is 0 Å². The van der Waals surface area contributed by atoms with E-state index in [1.165, 1.54) is 5.56 Å². The normalized spacial score (nSPS) is 10.7. The van der Waals surface area contributed by atoms with Crippen molar-refractivity contribution in [2.45, 2.75) is 19.8 Å². The van der Waals surface area contributed by atoms with Crippen LogP contribution in [0.2, 0.25) is 0 Å². The minimum atomic E-state index is 0.585. The van der Waals surface area contributed by atoms with Gasteiger partial charge in [-0.2, -0.15) is 5.26 Å². The van der Waals surface area contributed by atoms with Crippen LogP contribution in [-0.2, 0) is 6.42 Å². The average Bonchev–Trinajstić information content (AvgIpc) is 3.20. The molecule has 0 bridgehead atoms. The van der Waals surface area contributed by atoms with Crippen molar-refractivity contribution in [2.75, 3.05) is 11.9 Å². The highest BCUT2D eigenvalue weighted by molar-refractivity contribution is 5.66. The first-order chi connectivity index (χ1) is 13.7. The van der Waals surface area contributed by atoms with Crippen molar-refractivity contribution in [1.29, 1.82) is 5.26 Å². The Balaban J connectivity index is 1.48. The summed E-state index contributed by atoms with van der Waals surface area (Å²) in [5, 5.41) is 12.3. The van der Waals surface area contributed by atoms with E-state index in [-0.39, 0.29) is 0 Å². The predicted octanol–water partition coefficient (Wildman–Crippen LogP) is 4.02. The predicted molar refractivity (Wildman–Crippen MR) is 109 cm³/mol. The number of pyridine rings is 1. The van der Waals surface area contributed by atoms with Crippen LogP contribution in [0.4, 0.5) is 5.95 Å². The Morgan fingerprint density at radius 2 is 2.07 bits per heavy atom. The number of nitrogens with one attached hydrogen (secondary N) is 1. The summed E-state index contributed by atoms with van der Waals surface area (Å²) < 4.78 is 1.96. The van der Waals surface area contributed by atoms with Crippen molar-refractivity contribution in [3.8, 4) is 17.3 Å². The average molecular weight is 368 g/mol. The van der Waals surface area contributed by atoms with Gasteiger partial charge >= 0.3 is 0 Å². The van der Waals surface area contributed by atoms with Crippen molar-refractivity contribution >= 4 is 11.6 Å². The molecular weight excluding hydrogens is 348 g/mol. The fourth-order valence-corrected chi connectivity index (χ4v) is 3.11. The molecule has 6 nitrogen and oxygen atoms in total. The van der Waals surface area contributed by atoms with Gasteiger partial charge in [0.25, 0.3) is 0 Å². The van der Waals surface area contributed by atoms with Gasteiger partial charge in [-0.1, -0.05) is 23.8 Å². The van der Waals surface area contributed by atoms with Crippen LogP contribution in [0.15, 0.2) is 61.1 Å². The number of aryl methyl sites for hydroxylation is 2. The summed E-state index contributed by atoms with van der Waals surface area (Å²) in [6, 6.07) is 16.1. The van der Waals surface area contributed by atoms with Crippen molar-refractivity contribution in [3.05, 3.63) is 77.9 Å². The standard InChI is InChI=1S/C22H20N6/c1-16-4-2-5-18(12-16)20-13-21-24-10-11-28(21)22(27-20)25-9-3-6-19-8-7-17(14-23)15-26-19/h2,4-5,7-8,10-13,15H,3,6,9H2,1H3,(H,25,27). The number of benzene rings is 1. The highest BCUT2D eigenvalue weighted by atomic mass is 15.2. The monoisotopic (exact) mass is 368 g/mol. The molecule has 0 aliphatic heterocycles. The fourth-order valence-electron chi connectivity index (χ4n) is 3.11. The molecule has 0 atom stereocenters. The Hall–Kier alpha value is -3.72. The molecule has 4 rings (SSSR count). The molecule has 0 saturated heterocycles. The van der Waals surface area contributed by atoms with E-state index < -0.39 is 0 Å². The van der Waals surface area contributed by atoms with Crippen LogP contribution in [0.1, 0.15) is 23.2 Å². The zero-order chi connectivity index (χ0) is 19.3. The Kier molecular flexibility index (Phi) is 4.98. The van der Waals surface area contributed by atoms with E-state index in [1.807, 2.05) is 28.8 Å². The van der Waals surface area contributed by atoms with Gasteiger partial charge in [0.2, 0.25) is 5.95 Å². The van der Waals surface area contributed by atoms with Gasteiger partial charge < -0.3 is 5.32 Å². The summed E-state index contributed by atoms with van der Waals surface area (Å²) in [6.07, 6.45) is 7.05. The SMILES string of the molecule is Cc1cccc(-c2cc3nccn3c(NCCCc3ccc(C#N)cn3)n2)c1. The van der Waals surface area contributed by atoms with Gasteiger partial charge in [-0.25, -0.2) is 9.97 Å². The first kappa shape index (κ1) is 17.7. The summed E-state index contributed by atoms with van der Waals surface area (Å²) >= 11 is 0. The molecule has 1 N–H and O–H groups in total. The van der Waals surface area contributed by atoms with Crippen LogP contribution in [0.5, 0.6) is 0 Å². The minimum absolute atomic E-state index is 0.585. The van der Waals surface area contributed by atoms with Gasteiger partial charge in [0.05, 0.1) is 11.3 Å². The Morgan fingerprint density at radius 1 is 1.14 bits per heavy atom. The first-order valence-electron chi connectivity index (χ1n) is 9.23. The highest BCUT2D eigenvalue weighted by Gasteiger charge is 2.08. The number of nitrogens with zero attached hydrogens (tertiary/aromatic N) is 5. The third-order valence-electron chi connectivity index (χ3n) is 4.55. The van der Waals surface area contributed by atoms with Crippen molar-refractivity contribution in [3.63, 3.8) is 0 Å². The molecule has 3 heterocycles. The van der Waals surface area contributed by atoms with Crippen LogP contribution in [-0.4, -0.2) is 25.9 Å². The third-order valence-corrected chi connectivity index (χ3v) is 4.55. The number of imidazole rings is 1. The van der Waals surface area contributed by atoms with Gasteiger partial charge in [-0.15, -0.1) is 0 Å². The second-order valence-corrected chi connectivity index (χ2v) is 6.67. The second-order valence-electron chi connectivity index (χ2n) is 6.67. The second kappa shape index (κ2) is 7.89. The Labute approximate surface area is 163 Å². The third kappa shape index (κ3) is 3.84. The van der Waals surface area contributed by atoms with E-state index in [4.69, 9.17) is 10.2 Å². The van der Waals surface area contributed by atoms with E-state index in [1.54, 1.807) is 18.5 Å². The highest BCUT2D eigenvalue weighted by Crippen LogP contribution is 2.22. The lowest BCUT2D eigenvalue weighted by Crippen LogP contribution is -2.09. The van der Waals surface area contributed by atoms with E-state index >= 15 is 0 Å². The molecule has 0 radical (unpaired) electrons. The Morgan fingerprint density at radius 3 is 2.86 bits per heavy atom. The molecule has 0 spiro atoms. The molecule has 0 unspecified atom stereocenters. The van der Waals surface area contributed by atoms with E-state index in [0.717, 1.165) is 47.9 Å². The molecule has 0 aliphatic carbocycles. The van der Waals surface area contributed by atoms with E-state index in [2.05, 4.69) is 46.5 Å². The summed E-state index contributed by atoms with van der Waals surface area (Å²) in [4.78, 5) is 13.6. The summed E-state index contributed by atoms with van der Waals surface area (Å²) in [6.45, 7) is 2.84. The number of aromatic nitrogens is 4. The number of hydrogen-bond donors (Lipinski definition) is 1. The van der Waals surface area contributed by atoms with Gasteiger partial charge in [-0.05, 0) is 38.0 Å². The molecule has 0 saturated carbocycles. The van der Waals surface area contributed by atoms with Crippen LogP contribution in [0, 0.1) is 18.3 Å². The maximum atomic E-state index is 8.84. The fraction of sp³-hybridized carbons (Fsp3) is 0.182. The Bertz CT molecular complexity index is 1140. The first-order valence-corrected chi connectivity index (χ1v) is 9.23. The van der Waals surface area contributed by atoms with Crippen molar-refractivity contribution < 1.29 is 0 Å². The van der Waals surface area contributed by atoms with Crippen LogP contribution < -0.4 is 5.32 Å². The zero-order valence-electron chi connectivity index (χ0n) is 15.6. The number of nitriles is 1. The summed E-state index contributed by atoms with van der Waals surface area (Å²) in [5.41, 5.74) is 5.61. The molecule has 0 aliphatic rings. The van der Waals surface area contributed by atoms with Gasteiger partial charge in [0.15, 0.2) is 0 Å². The molecule has 6 heteroatoms. The molecule has 0 amide bonds. The van der Waals surface area contributed by atoms with Crippen LogP contribution in [0.3, 0.4) is 0 Å². The molecular formula is C22H20N6. The molecule has 4 aromatic rings. The number of hydrogen-bond acceptors (Lipinski definition) is 5. The van der Waals surface area contributed by atoms with Gasteiger partial charge in [0, 0.05) is 42.5 Å². The maximum absolute atomic E-state index is 8.84. The smallest absolute Gasteiger partial charge is 0.209 e. The van der Waals surface area contributed by atoms with Crippen molar-refractivity contribution in [1.82, 2.24) is 19.4 Å². The molecule has 28 heavy (non-hydrogen) atoms. The zero-order valence-corrected chi connectivity index (χ0v) is 15.6. The maximum Gasteiger partial charge on any atom is 0.209 e. The topological polar surface area (TPSA) is 78.9 Å². The molecule has 138 valence electrons. The molecule has 1 aromatic carbocycles. The van der Waals surface area contributed by atoms with Crippen LogP contribution in [0.25, 0.3) is 16.9 Å². The molecule has 0 fully saturated rings. The lowest BCUT2D eigenvalue weighted by molar-refractivity contribution is 0.825. The van der Waals surface area contributed by atoms with Gasteiger partial charge in [0.1, 0.15) is 11.7 Å². The lowest BCUT2D eigenvalue weighted by atomic mass is 10.1. The van der Waals surface area contributed by atoms with E-state index in [0.29, 0.717) is 5.56 Å². The number of anilines is 1. The summed E-state index contributed by atoms with van der Waals surface area (Å²) in [7, 11) is 0. The lowest BCUT2D eigenvalue weighted by Gasteiger charge is -2.11. The van der Waals surface area contributed by atoms with Crippen molar-refractivity contribution in [2.24, 2.45) is 0 Å². The van der Waals surface area contributed by atoms with Gasteiger partial charge in [-0.3, -0.25) is 9.38 Å². The minimum Gasteiger partial charge on any atom is -0.355 e. The number of fused-ring (bicyclic) bond motifs is 1. The number of rotatable bonds is 6. The molecule has 3 aromatic heterocycles.